The maximum absolute atomic E-state index is 3.90. The predicted octanol–water partition coefficient (Wildman–Crippen LogP) is 6.49. The Morgan fingerprint density at radius 2 is 1.54 bits per heavy atom. The van der Waals surface area contributed by atoms with Gasteiger partial charge in [0.05, 0.1) is 6.17 Å². The molecule has 0 heterocycles. The molecule has 2 N–H and O–H groups in total. The minimum atomic E-state index is 0.422. The Kier molecular flexibility index (Phi) is 9.94. The second kappa shape index (κ2) is 12.4. The molecule has 0 bridgehead atoms. The Morgan fingerprint density at radius 1 is 0.875 bits per heavy atom. The van der Waals surface area contributed by atoms with Crippen molar-refractivity contribution in [3.63, 3.8) is 0 Å². The first-order chi connectivity index (χ1) is 11.9. The lowest BCUT2D eigenvalue weighted by atomic mass is 9.95. The zero-order chi connectivity index (χ0) is 16.9. The highest BCUT2D eigenvalue weighted by molar-refractivity contribution is 5.43. The van der Waals surface area contributed by atoms with Gasteiger partial charge in [-0.05, 0) is 31.4 Å². The molecule has 1 atom stereocenters. The van der Waals surface area contributed by atoms with Gasteiger partial charge in [-0.25, -0.2) is 0 Å². The van der Waals surface area contributed by atoms with Crippen molar-refractivity contribution < 1.29 is 0 Å². The van der Waals surface area contributed by atoms with Crippen LogP contribution in [0.5, 0.6) is 0 Å². The molecular weight excluding hydrogens is 292 g/mol. The summed E-state index contributed by atoms with van der Waals surface area (Å²) in [6.07, 6.45) is 18.3. The molecule has 1 aliphatic carbocycles. The van der Waals surface area contributed by atoms with Crippen molar-refractivity contribution in [1.29, 1.82) is 0 Å². The van der Waals surface area contributed by atoms with E-state index in [1.54, 1.807) is 0 Å². The fourth-order valence-electron chi connectivity index (χ4n) is 3.79. The second-order valence-corrected chi connectivity index (χ2v) is 7.47. The minimum absolute atomic E-state index is 0.422. The topological polar surface area (TPSA) is 24.1 Å². The van der Waals surface area contributed by atoms with Crippen molar-refractivity contribution in [2.45, 2.75) is 103 Å². The smallest absolute Gasteiger partial charge is 0.0770 e. The van der Waals surface area contributed by atoms with Gasteiger partial charge < -0.3 is 5.32 Å². The number of rotatable bonds is 12. The molecule has 0 spiro atoms. The summed E-state index contributed by atoms with van der Waals surface area (Å²) in [5.74, 6) is 0. The molecule has 1 unspecified atom stereocenters. The molecule has 0 radical (unpaired) electrons. The number of unbranched alkanes of at least 4 members (excludes halogenated alkanes) is 6. The SMILES string of the molecule is CCCCCCCCCC(Nc1ccccc1)NC1CCCCC1. The van der Waals surface area contributed by atoms with E-state index >= 15 is 0 Å². The fourth-order valence-corrected chi connectivity index (χ4v) is 3.79. The lowest BCUT2D eigenvalue weighted by molar-refractivity contribution is 0.336. The summed E-state index contributed by atoms with van der Waals surface area (Å²) in [4.78, 5) is 0. The zero-order valence-electron chi connectivity index (χ0n) is 15.7. The van der Waals surface area contributed by atoms with Gasteiger partial charge in [-0.2, -0.15) is 0 Å². The van der Waals surface area contributed by atoms with Gasteiger partial charge in [0.25, 0.3) is 0 Å². The number of anilines is 1. The van der Waals surface area contributed by atoms with Gasteiger partial charge in [0.15, 0.2) is 0 Å². The third kappa shape index (κ3) is 8.19. The molecule has 1 saturated carbocycles. The Hall–Kier alpha value is -1.02. The van der Waals surface area contributed by atoms with Crippen LogP contribution in [-0.2, 0) is 0 Å². The zero-order valence-corrected chi connectivity index (χ0v) is 15.7. The number of benzene rings is 1. The van der Waals surface area contributed by atoms with E-state index in [1.165, 1.54) is 89.2 Å². The minimum Gasteiger partial charge on any atom is -0.370 e. The molecular formula is C22H38N2. The molecule has 0 saturated heterocycles. The highest BCUT2D eigenvalue weighted by atomic mass is 15.1. The standard InChI is InChI=1S/C22H38N2/c1-2-3-4-5-6-7-14-19-22(23-20-15-10-8-11-16-20)24-21-17-12-9-13-18-21/h8,10-11,15-16,21-24H,2-7,9,12-14,17-19H2,1H3. The average Bonchev–Trinajstić information content (AvgIpc) is 2.62. The summed E-state index contributed by atoms with van der Waals surface area (Å²) in [5.41, 5.74) is 1.24. The van der Waals surface area contributed by atoms with E-state index in [0.29, 0.717) is 12.2 Å². The summed E-state index contributed by atoms with van der Waals surface area (Å²) in [6, 6.07) is 11.4. The molecule has 24 heavy (non-hydrogen) atoms. The van der Waals surface area contributed by atoms with Gasteiger partial charge in [-0.1, -0.05) is 89.3 Å². The van der Waals surface area contributed by atoms with E-state index in [-0.39, 0.29) is 0 Å². The molecule has 1 aromatic carbocycles. The predicted molar refractivity (Wildman–Crippen MR) is 106 cm³/mol. The number of para-hydroxylation sites is 1. The van der Waals surface area contributed by atoms with Crippen LogP contribution in [0, 0.1) is 0 Å². The van der Waals surface area contributed by atoms with Crippen LogP contribution in [0.3, 0.4) is 0 Å². The van der Waals surface area contributed by atoms with Gasteiger partial charge in [-0.3, -0.25) is 5.32 Å². The van der Waals surface area contributed by atoms with E-state index < -0.39 is 0 Å². The van der Waals surface area contributed by atoms with Crippen molar-refractivity contribution in [3.05, 3.63) is 30.3 Å². The van der Waals surface area contributed by atoms with Gasteiger partial charge in [0, 0.05) is 11.7 Å². The van der Waals surface area contributed by atoms with Crippen LogP contribution >= 0.6 is 0 Å². The Morgan fingerprint density at radius 3 is 2.25 bits per heavy atom. The second-order valence-electron chi connectivity index (χ2n) is 7.47. The molecule has 1 aromatic rings. The van der Waals surface area contributed by atoms with Crippen molar-refractivity contribution in [2.24, 2.45) is 0 Å². The molecule has 0 aliphatic heterocycles. The third-order valence-corrected chi connectivity index (χ3v) is 5.25. The lowest BCUT2D eigenvalue weighted by Gasteiger charge is -2.30. The number of hydrogen-bond acceptors (Lipinski definition) is 2. The largest absolute Gasteiger partial charge is 0.370 e. The fraction of sp³-hybridized carbons (Fsp3) is 0.727. The van der Waals surface area contributed by atoms with Crippen LogP contribution in [0.2, 0.25) is 0 Å². The van der Waals surface area contributed by atoms with Crippen LogP contribution < -0.4 is 10.6 Å². The maximum atomic E-state index is 3.90. The number of nitrogens with one attached hydrogen (secondary N) is 2. The van der Waals surface area contributed by atoms with Crippen LogP contribution in [0.4, 0.5) is 5.69 Å². The molecule has 136 valence electrons. The van der Waals surface area contributed by atoms with Gasteiger partial charge >= 0.3 is 0 Å². The van der Waals surface area contributed by atoms with E-state index in [4.69, 9.17) is 0 Å². The van der Waals surface area contributed by atoms with E-state index in [9.17, 15) is 0 Å². The van der Waals surface area contributed by atoms with Crippen LogP contribution in [0.1, 0.15) is 90.4 Å². The van der Waals surface area contributed by atoms with Crippen molar-refractivity contribution in [3.8, 4) is 0 Å². The molecule has 2 rings (SSSR count). The maximum Gasteiger partial charge on any atom is 0.0770 e. The Labute approximate surface area is 149 Å². The monoisotopic (exact) mass is 330 g/mol. The van der Waals surface area contributed by atoms with Gasteiger partial charge in [0.1, 0.15) is 0 Å². The molecule has 2 heteroatoms. The molecule has 0 aromatic heterocycles. The summed E-state index contributed by atoms with van der Waals surface area (Å²) in [6.45, 7) is 2.29. The number of hydrogen-bond donors (Lipinski definition) is 2. The Balaban J connectivity index is 1.72. The first kappa shape index (κ1) is 19.3. The highest BCUT2D eigenvalue weighted by Crippen LogP contribution is 2.20. The van der Waals surface area contributed by atoms with Gasteiger partial charge in [0.2, 0.25) is 0 Å². The van der Waals surface area contributed by atoms with E-state index in [2.05, 4.69) is 47.9 Å². The third-order valence-electron chi connectivity index (χ3n) is 5.25. The van der Waals surface area contributed by atoms with Crippen LogP contribution in [-0.4, -0.2) is 12.2 Å². The molecule has 1 aliphatic rings. The first-order valence-corrected chi connectivity index (χ1v) is 10.5. The first-order valence-electron chi connectivity index (χ1n) is 10.5. The summed E-state index contributed by atoms with van der Waals surface area (Å²) >= 11 is 0. The van der Waals surface area contributed by atoms with Crippen molar-refractivity contribution in [2.75, 3.05) is 5.32 Å². The van der Waals surface area contributed by atoms with Crippen molar-refractivity contribution >= 4 is 5.69 Å². The van der Waals surface area contributed by atoms with Crippen LogP contribution in [0.15, 0.2) is 30.3 Å². The average molecular weight is 331 g/mol. The highest BCUT2D eigenvalue weighted by Gasteiger charge is 2.17. The molecule has 0 amide bonds. The molecule has 1 fully saturated rings. The summed E-state index contributed by atoms with van der Waals surface area (Å²) in [7, 11) is 0. The Bertz CT molecular complexity index is 398. The quantitative estimate of drug-likeness (QED) is 0.338. The van der Waals surface area contributed by atoms with Gasteiger partial charge in [-0.15, -0.1) is 0 Å². The lowest BCUT2D eigenvalue weighted by Crippen LogP contribution is -2.44. The summed E-state index contributed by atoms with van der Waals surface area (Å²) < 4.78 is 0. The normalized spacial score (nSPS) is 16.9. The van der Waals surface area contributed by atoms with Crippen LogP contribution in [0.25, 0.3) is 0 Å². The van der Waals surface area contributed by atoms with Crippen molar-refractivity contribution in [1.82, 2.24) is 5.32 Å². The molecule has 2 nitrogen and oxygen atoms in total. The van der Waals surface area contributed by atoms with E-state index in [0.717, 1.165) is 0 Å². The summed E-state index contributed by atoms with van der Waals surface area (Å²) in [5, 5.41) is 7.63. The van der Waals surface area contributed by atoms with E-state index in [1.807, 2.05) is 0 Å².